The monoisotopic (exact) mass is 521 g/mol. The number of aliphatic imine (C=N–C) groups is 1. The highest BCUT2D eigenvalue weighted by Crippen LogP contribution is 2.13. The minimum Gasteiger partial charge on any atom is -0.356 e. The van der Waals surface area contributed by atoms with Crippen LogP contribution in [0.5, 0.6) is 0 Å². The first-order chi connectivity index (χ1) is 13.6. The van der Waals surface area contributed by atoms with E-state index in [0.29, 0.717) is 49.4 Å². The molecule has 1 saturated heterocycles. The Morgan fingerprint density at radius 3 is 2.79 bits per heavy atom. The maximum Gasteiger partial charge on any atom is 0.276 e. The molecule has 8 nitrogen and oxygen atoms in total. The predicted molar refractivity (Wildman–Crippen MR) is 117 cm³/mol. The summed E-state index contributed by atoms with van der Waals surface area (Å²) in [6.07, 6.45) is 1.60. The average Bonchev–Trinajstić information content (AvgIpc) is 3.18. The Bertz CT molecular complexity index is 752. The number of nitrogens with one attached hydrogen (secondary N) is 2. The molecule has 3 rings (SSSR count). The van der Waals surface area contributed by atoms with E-state index in [1.54, 1.807) is 18.1 Å². The van der Waals surface area contributed by atoms with Crippen molar-refractivity contribution in [3.8, 4) is 11.6 Å². The van der Waals surface area contributed by atoms with Crippen LogP contribution in [-0.4, -0.2) is 71.7 Å². The molecule has 29 heavy (non-hydrogen) atoms. The van der Waals surface area contributed by atoms with Gasteiger partial charge < -0.3 is 15.2 Å². The van der Waals surface area contributed by atoms with Crippen molar-refractivity contribution >= 4 is 29.9 Å². The average molecular weight is 521 g/mol. The molecule has 11 heteroatoms. The number of rotatable bonds is 7. The lowest BCUT2D eigenvalue weighted by Gasteiger charge is -2.32. The third kappa shape index (κ3) is 7.46. The smallest absolute Gasteiger partial charge is 0.276 e. The van der Waals surface area contributed by atoms with E-state index >= 15 is 0 Å². The van der Waals surface area contributed by atoms with Crippen LogP contribution in [-0.2, 0) is 6.42 Å². The topological polar surface area (TPSA) is 91.5 Å². The zero-order chi connectivity index (χ0) is 19.8. The molecule has 0 spiro atoms. The van der Waals surface area contributed by atoms with Crippen LogP contribution in [0.25, 0.3) is 11.6 Å². The van der Waals surface area contributed by atoms with Gasteiger partial charge >= 0.3 is 0 Å². The van der Waals surface area contributed by atoms with Crippen molar-refractivity contribution < 1.29 is 13.3 Å². The summed E-state index contributed by atoms with van der Waals surface area (Å²) in [5.41, 5.74) is 0.643. The minimum atomic E-state index is -2.28. The molecule has 0 saturated carbocycles. The van der Waals surface area contributed by atoms with E-state index in [4.69, 9.17) is 4.52 Å². The fraction of sp³-hybridized carbons (Fsp3) is 0.556. The standard InChI is InChI=1S/C18H25F2N7O.HI/c1-21-18(24-13-6-10-27(11-7-13)12-15(19)20)23-9-5-16-25-17(28-26-16)14-4-2-3-8-22-14;/h2-4,8,13,15H,5-7,9-12H2,1H3,(H2,21,23,24);1H. The van der Waals surface area contributed by atoms with Crippen molar-refractivity contribution in [3.63, 3.8) is 0 Å². The van der Waals surface area contributed by atoms with Crippen molar-refractivity contribution in [3.05, 3.63) is 30.2 Å². The summed E-state index contributed by atoms with van der Waals surface area (Å²) in [6, 6.07) is 5.72. The van der Waals surface area contributed by atoms with E-state index in [1.165, 1.54) is 0 Å². The van der Waals surface area contributed by atoms with Crippen LogP contribution in [0, 0.1) is 0 Å². The fourth-order valence-corrected chi connectivity index (χ4v) is 3.08. The molecule has 1 fully saturated rings. The Balaban J connectivity index is 0.00000300. The lowest BCUT2D eigenvalue weighted by atomic mass is 10.1. The second-order valence-electron chi connectivity index (χ2n) is 6.59. The summed E-state index contributed by atoms with van der Waals surface area (Å²) < 4.78 is 30.1. The highest BCUT2D eigenvalue weighted by molar-refractivity contribution is 14.0. The van der Waals surface area contributed by atoms with E-state index < -0.39 is 6.43 Å². The predicted octanol–water partition coefficient (Wildman–Crippen LogP) is 2.19. The largest absolute Gasteiger partial charge is 0.356 e. The number of pyridine rings is 1. The maximum absolute atomic E-state index is 12.5. The van der Waals surface area contributed by atoms with E-state index in [0.717, 1.165) is 12.8 Å². The Labute approximate surface area is 185 Å². The number of hydrogen-bond donors (Lipinski definition) is 2. The third-order valence-electron chi connectivity index (χ3n) is 4.54. The highest BCUT2D eigenvalue weighted by atomic mass is 127. The number of piperidine rings is 1. The van der Waals surface area contributed by atoms with Gasteiger partial charge in [0.05, 0.1) is 6.54 Å². The van der Waals surface area contributed by atoms with Crippen LogP contribution < -0.4 is 10.6 Å². The van der Waals surface area contributed by atoms with Gasteiger partial charge in [0.15, 0.2) is 11.8 Å². The van der Waals surface area contributed by atoms with Crippen LogP contribution in [0.2, 0.25) is 0 Å². The molecule has 1 aliphatic rings. The van der Waals surface area contributed by atoms with Crippen molar-refractivity contribution in [1.82, 2.24) is 30.7 Å². The zero-order valence-corrected chi connectivity index (χ0v) is 18.6. The first-order valence-corrected chi connectivity index (χ1v) is 9.35. The molecule has 3 heterocycles. The van der Waals surface area contributed by atoms with E-state index in [2.05, 4.69) is 30.8 Å². The van der Waals surface area contributed by atoms with Crippen molar-refractivity contribution in [2.75, 3.05) is 33.2 Å². The molecular formula is C18H26F2IN7O. The summed E-state index contributed by atoms with van der Waals surface area (Å²) in [5, 5.41) is 10.5. The molecule has 0 aliphatic carbocycles. The van der Waals surface area contributed by atoms with E-state index in [9.17, 15) is 8.78 Å². The molecule has 1 aliphatic heterocycles. The first kappa shape index (κ1) is 23.4. The van der Waals surface area contributed by atoms with Gasteiger partial charge in [0, 0.05) is 45.3 Å². The van der Waals surface area contributed by atoms with Crippen molar-refractivity contribution in [2.24, 2.45) is 4.99 Å². The van der Waals surface area contributed by atoms with Gasteiger partial charge in [0.1, 0.15) is 5.69 Å². The Hall–Kier alpha value is -1.89. The van der Waals surface area contributed by atoms with Gasteiger partial charge in [0.2, 0.25) is 0 Å². The molecule has 2 aromatic heterocycles. The second kappa shape index (κ2) is 12.0. The third-order valence-corrected chi connectivity index (χ3v) is 4.54. The Kier molecular flexibility index (Phi) is 9.64. The Morgan fingerprint density at radius 2 is 2.14 bits per heavy atom. The van der Waals surface area contributed by atoms with Crippen molar-refractivity contribution in [1.29, 1.82) is 0 Å². The molecule has 0 aromatic carbocycles. The molecule has 2 N–H and O–H groups in total. The normalized spacial score (nSPS) is 15.9. The van der Waals surface area contributed by atoms with Crippen molar-refractivity contribution in [2.45, 2.75) is 31.7 Å². The number of alkyl halides is 2. The summed E-state index contributed by atoms with van der Waals surface area (Å²) in [7, 11) is 1.70. The molecule has 160 valence electrons. The molecule has 0 amide bonds. The van der Waals surface area contributed by atoms with Gasteiger partial charge in [-0.1, -0.05) is 11.2 Å². The fourth-order valence-electron chi connectivity index (χ4n) is 3.08. The molecular weight excluding hydrogens is 495 g/mol. The van der Waals surface area contributed by atoms with Crippen LogP contribution in [0.3, 0.4) is 0 Å². The lowest BCUT2D eigenvalue weighted by molar-refractivity contribution is 0.0744. The number of halogens is 3. The number of likely N-dealkylation sites (tertiary alicyclic amines) is 1. The second-order valence-corrected chi connectivity index (χ2v) is 6.59. The minimum absolute atomic E-state index is 0. The maximum atomic E-state index is 12.5. The number of nitrogens with zero attached hydrogens (tertiary/aromatic N) is 5. The molecule has 0 radical (unpaired) electrons. The van der Waals surface area contributed by atoms with Gasteiger partial charge in [-0.05, 0) is 25.0 Å². The van der Waals surface area contributed by atoms with Gasteiger partial charge in [-0.3, -0.25) is 14.9 Å². The SMILES string of the molecule is CN=C(NCCc1noc(-c2ccccn2)n1)NC1CCN(CC(F)F)CC1.I. The van der Waals surface area contributed by atoms with Gasteiger partial charge in [-0.15, -0.1) is 24.0 Å². The van der Waals surface area contributed by atoms with Crippen LogP contribution in [0.1, 0.15) is 18.7 Å². The summed E-state index contributed by atoms with van der Waals surface area (Å²) in [4.78, 5) is 14.5. The Morgan fingerprint density at radius 1 is 1.34 bits per heavy atom. The van der Waals surface area contributed by atoms with Gasteiger partial charge in [-0.25, -0.2) is 8.78 Å². The van der Waals surface area contributed by atoms with E-state index in [1.807, 2.05) is 18.2 Å². The van der Waals surface area contributed by atoms with Crippen LogP contribution >= 0.6 is 24.0 Å². The summed E-state index contributed by atoms with van der Waals surface area (Å²) in [5.74, 6) is 1.67. The summed E-state index contributed by atoms with van der Waals surface area (Å²) in [6.45, 7) is 1.77. The number of guanidine groups is 1. The van der Waals surface area contributed by atoms with Crippen LogP contribution in [0.15, 0.2) is 33.9 Å². The molecule has 0 bridgehead atoms. The summed E-state index contributed by atoms with van der Waals surface area (Å²) >= 11 is 0. The molecule has 0 atom stereocenters. The van der Waals surface area contributed by atoms with Gasteiger partial charge in [0.25, 0.3) is 12.3 Å². The molecule has 0 unspecified atom stereocenters. The van der Waals surface area contributed by atoms with Crippen LogP contribution in [0.4, 0.5) is 8.78 Å². The van der Waals surface area contributed by atoms with Gasteiger partial charge in [-0.2, -0.15) is 4.98 Å². The number of hydrogen-bond acceptors (Lipinski definition) is 6. The van der Waals surface area contributed by atoms with E-state index in [-0.39, 0.29) is 36.6 Å². The molecule has 2 aromatic rings. The highest BCUT2D eigenvalue weighted by Gasteiger charge is 2.22. The quantitative estimate of drug-likeness (QED) is 0.328. The lowest BCUT2D eigenvalue weighted by Crippen LogP contribution is -2.49. The first-order valence-electron chi connectivity index (χ1n) is 9.35. The zero-order valence-electron chi connectivity index (χ0n) is 16.2. The number of aromatic nitrogens is 3.